The van der Waals surface area contributed by atoms with Crippen molar-refractivity contribution >= 4 is 11.8 Å². The molecule has 26 heavy (non-hydrogen) atoms. The average Bonchev–Trinajstić information content (AvgIpc) is 3.47. The number of carbonyl (C=O) groups is 2. The van der Waals surface area contributed by atoms with Crippen molar-refractivity contribution in [2.75, 3.05) is 19.6 Å². The number of carbonyl (C=O) groups excluding carboxylic acids is 2. The Morgan fingerprint density at radius 3 is 2.31 bits per heavy atom. The van der Waals surface area contributed by atoms with Gasteiger partial charge in [-0.15, -0.1) is 0 Å². The number of amides is 2. The third-order valence-electron chi connectivity index (χ3n) is 5.60. The van der Waals surface area contributed by atoms with Gasteiger partial charge < -0.3 is 10.2 Å². The van der Waals surface area contributed by atoms with E-state index in [4.69, 9.17) is 0 Å². The van der Waals surface area contributed by atoms with Gasteiger partial charge >= 0.3 is 0 Å². The molecule has 0 aromatic heterocycles. The molecular formula is C22H32N2O2. The number of benzene rings is 1. The molecule has 1 saturated carbocycles. The van der Waals surface area contributed by atoms with Gasteiger partial charge in [0.25, 0.3) is 5.91 Å². The summed E-state index contributed by atoms with van der Waals surface area (Å²) in [7, 11) is 0. The molecular weight excluding hydrogens is 324 g/mol. The molecule has 0 radical (unpaired) electrons. The number of likely N-dealkylation sites (tertiary alicyclic amines) is 1. The maximum atomic E-state index is 12.1. The number of hydrogen-bond acceptors (Lipinski definition) is 2. The van der Waals surface area contributed by atoms with E-state index >= 15 is 0 Å². The SMILES string of the molecule is CC(C)CCNC(=O)c1ccc(CC2CCN(C(=O)C3CC3)CC2)cc1. The molecule has 142 valence electrons. The van der Waals surface area contributed by atoms with Gasteiger partial charge in [-0.3, -0.25) is 9.59 Å². The number of nitrogens with zero attached hydrogens (tertiary/aromatic N) is 1. The quantitative estimate of drug-likeness (QED) is 0.811. The molecule has 1 saturated heterocycles. The minimum Gasteiger partial charge on any atom is -0.352 e. The summed E-state index contributed by atoms with van der Waals surface area (Å²) in [6, 6.07) is 8.04. The Kier molecular flexibility index (Phi) is 6.33. The Labute approximate surface area is 157 Å². The highest BCUT2D eigenvalue weighted by molar-refractivity contribution is 5.94. The molecule has 0 atom stereocenters. The second-order valence-corrected chi connectivity index (χ2v) is 8.38. The molecule has 1 aliphatic heterocycles. The van der Waals surface area contributed by atoms with Crippen LogP contribution in [-0.4, -0.2) is 36.3 Å². The standard InChI is InChI=1S/C22H32N2O2/c1-16(2)9-12-23-21(25)19-5-3-17(4-6-19)15-18-10-13-24(14-11-18)22(26)20-7-8-20/h3-6,16,18,20H,7-15H2,1-2H3,(H,23,25). The zero-order valence-electron chi connectivity index (χ0n) is 16.2. The Balaban J connectivity index is 1.43. The van der Waals surface area contributed by atoms with Gasteiger partial charge in [-0.25, -0.2) is 0 Å². The third kappa shape index (κ3) is 5.33. The van der Waals surface area contributed by atoms with Gasteiger partial charge in [-0.2, -0.15) is 0 Å². The number of nitrogens with one attached hydrogen (secondary N) is 1. The van der Waals surface area contributed by atoms with Crippen LogP contribution in [0.4, 0.5) is 0 Å². The van der Waals surface area contributed by atoms with Crippen molar-refractivity contribution in [3.8, 4) is 0 Å². The van der Waals surface area contributed by atoms with Gasteiger partial charge in [0, 0.05) is 31.1 Å². The molecule has 0 spiro atoms. The molecule has 1 aromatic rings. The van der Waals surface area contributed by atoms with Crippen LogP contribution in [0.5, 0.6) is 0 Å². The van der Waals surface area contributed by atoms with Gasteiger partial charge in [0.2, 0.25) is 5.91 Å². The van der Waals surface area contributed by atoms with Crippen molar-refractivity contribution in [3.05, 3.63) is 35.4 Å². The van der Waals surface area contributed by atoms with Gasteiger partial charge in [-0.05, 0) is 68.1 Å². The molecule has 4 heteroatoms. The van der Waals surface area contributed by atoms with E-state index < -0.39 is 0 Å². The molecule has 2 fully saturated rings. The van der Waals surface area contributed by atoms with Crippen LogP contribution in [0.2, 0.25) is 0 Å². The minimum absolute atomic E-state index is 0.0177. The van der Waals surface area contributed by atoms with Crippen LogP contribution < -0.4 is 5.32 Å². The van der Waals surface area contributed by atoms with E-state index in [0.29, 0.717) is 23.7 Å². The maximum Gasteiger partial charge on any atom is 0.251 e. The van der Waals surface area contributed by atoms with Crippen molar-refractivity contribution in [2.24, 2.45) is 17.8 Å². The number of hydrogen-bond donors (Lipinski definition) is 1. The number of rotatable bonds is 7. The first-order valence-corrected chi connectivity index (χ1v) is 10.2. The van der Waals surface area contributed by atoms with Crippen LogP contribution >= 0.6 is 0 Å². The zero-order valence-corrected chi connectivity index (χ0v) is 16.2. The first-order chi connectivity index (χ1) is 12.5. The lowest BCUT2D eigenvalue weighted by atomic mass is 9.89. The summed E-state index contributed by atoms with van der Waals surface area (Å²) in [5.74, 6) is 1.98. The monoisotopic (exact) mass is 356 g/mol. The average molecular weight is 357 g/mol. The molecule has 1 aromatic carbocycles. The molecule has 2 aliphatic rings. The highest BCUT2D eigenvalue weighted by Crippen LogP contribution is 2.32. The predicted molar refractivity (Wildman–Crippen MR) is 104 cm³/mol. The van der Waals surface area contributed by atoms with E-state index in [1.807, 2.05) is 12.1 Å². The summed E-state index contributed by atoms with van der Waals surface area (Å²) >= 11 is 0. The number of piperidine rings is 1. The molecule has 1 N–H and O–H groups in total. The molecule has 4 nitrogen and oxygen atoms in total. The molecule has 1 aliphatic carbocycles. The van der Waals surface area contributed by atoms with Crippen molar-refractivity contribution in [2.45, 2.75) is 52.4 Å². The Morgan fingerprint density at radius 2 is 1.73 bits per heavy atom. The molecule has 0 bridgehead atoms. The van der Waals surface area contributed by atoms with Crippen molar-refractivity contribution < 1.29 is 9.59 Å². The fraction of sp³-hybridized carbons (Fsp3) is 0.636. The van der Waals surface area contributed by atoms with Crippen LogP contribution in [0.3, 0.4) is 0 Å². The maximum absolute atomic E-state index is 12.1. The summed E-state index contributed by atoms with van der Waals surface area (Å²) < 4.78 is 0. The second-order valence-electron chi connectivity index (χ2n) is 8.38. The highest BCUT2D eigenvalue weighted by Gasteiger charge is 2.34. The van der Waals surface area contributed by atoms with Gasteiger partial charge in [0.15, 0.2) is 0 Å². The van der Waals surface area contributed by atoms with Gasteiger partial charge in [0.05, 0.1) is 0 Å². The topological polar surface area (TPSA) is 49.4 Å². The molecule has 1 heterocycles. The summed E-state index contributed by atoms with van der Waals surface area (Å²) in [6.07, 6.45) is 6.42. The fourth-order valence-electron chi connectivity index (χ4n) is 3.65. The van der Waals surface area contributed by atoms with E-state index in [0.717, 1.165) is 63.7 Å². The second kappa shape index (κ2) is 8.70. The summed E-state index contributed by atoms with van der Waals surface area (Å²) in [4.78, 5) is 26.3. The Bertz CT molecular complexity index is 612. The largest absolute Gasteiger partial charge is 0.352 e. The van der Waals surface area contributed by atoms with E-state index in [-0.39, 0.29) is 5.91 Å². The van der Waals surface area contributed by atoms with Crippen LogP contribution in [-0.2, 0) is 11.2 Å². The molecule has 3 rings (SSSR count). The highest BCUT2D eigenvalue weighted by atomic mass is 16.2. The van der Waals surface area contributed by atoms with E-state index in [1.54, 1.807) is 0 Å². The molecule has 0 unspecified atom stereocenters. The first-order valence-electron chi connectivity index (χ1n) is 10.2. The lowest BCUT2D eigenvalue weighted by Gasteiger charge is -2.32. The van der Waals surface area contributed by atoms with Crippen molar-refractivity contribution in [1.29, 1.82) is 0 Å². The zero-order chi connectivity index (χ0) is 18.5. The van der Waals surface area contributed by atoms with Crippen LogP contribution in [0.1, 0.15) is 61.9 Å². The van der Waals surface area contributed by atoms with Gasteiger partial charge in [0.1, 0.15) is 0 Å². The summed E-state index contributed by atoms with van der Waals surface area (Å²) in [6.45, 7) is 6.88. The van der Waals surface area contributed by atoms with Crippen molar-refractivity contribution in [3.63, 3.8) is 0 Å². The van der Waals surface area contributed by atoms with E-state index in [1.165, 1.54) is 5.56 Å². The van der Waals surface area contributed by atoms with E-state index in [2.05, 4.69) is 36.2 Å². The molecule has 2 amide bonds. The minimum atomic E-state index is 0.0177. The first kappa shape index (κ1) is 18.9. The Hall–Kier alpha value is -1.84. The smallest absolute Gasteiger partial charge is 0.251 e. The lowest BCUT2D eigenvalue weighted by Crippen LogP contribution is -2.39. The van der Waals surface area contributed by atoms with E-state index in [9.17, 15) is 9.59 Å². The Morgan fingerprint density at radius 1 is 1.08 bits per heavy atom. The van der Waals surface area contributed by atoms with Crippen molar-refractivity contribution in [1.82, 2.24) is 10.2 Å². The normalized spacial score (nSPS) is 18.2. The van der Waals surface area contributed by atoms with Gasteiger partial charge in [-0.1, -0.05) is 26.0 Å². The summed E-state index contributed by atoms with van der Waals surface area (Å²) in [5, 5.41) is 2.98. The lowest BCUT2D eigenvalue weighted by molar-refractivity contribution is -0.133. The predicted octanol–water partition coefficient (Wildman–Crippen LogP) is 3.65. The van der Waals surface area contributed by atoms with Crippen LogP contribution in [0, 0.1) is 17.8 Å². The third-order valence-corrected chi connectivity index (χ3v) is 5.60. The van der Waals surface area contributed by atoms with Crippen LogP contribution in [0.25, 0.3) is 0 Å². The fourth-order valence-corrected chi connectivity index (χ4v) is 3.65. The van der Waals surface area contributed by atoms with Crippen LogP contribution in [0.15, 0.2) is 24.3 Å². The summed E-state index contributed by atoms with van der Waals surface area (Å²) in [5.41, 5.74) is 2.03.